The highest BCUT2D eigenvalue weighted by atomic mass is 16.5. The van der Waals surface area contributed by atoms with Gasteiger partial charge in [-0.25, -0.2) is 4.79 Å². The molecule has 0 atom stereocenters. The Bertz CT molecular complexity index is 201. The van der Waals surface area contributed by atoms with Gasteiger partial charge in [0.05, 0.1) is 7.11 Å². The van der Waals surface area contributed by atoms with Crippen molar-refractivity contribution in [3.8, 4) is 0 Å². The maximum absolute atomic E-state index is 9.84. The molecule has 74 valence electrons. The van der Waals surface area contributed by atoms with Crippen LogP contribution in [0.5, 0.6) is 0 Å². The zero-order chi connectivity index (χ0) is 10.9. The first kappa shape index (κ1) is 13.7. The van der Waals surface area contributed by atoms with Gasteiger partial charge in [-0.1, -0.05) is 6.58 Å². The summed E-state index contributed by atoms with van der Waals surface area (Å²) in [5.74, 6) is -1.77. The number of hydrogen-bond acceptors (Lipinski definition) is 4. The minimum atomic E-state index is -0.687. The third kappa shape index (κ3) is 17.8. The summed E-state index contributed by atoms with van der Waals surface area (Å²) in [5.41, 5.74) is 9.11. The van der Waals surface area contributed by atoms with Crippen LogP contribution in [0.4, 0.5) is 0 Å². The van der Waals surface area contributed by atoms with Crippen molar-refractivity contribution in [2.45, 2.75) is 6.42 Å². The Labute approximate surface area is 75.5 Å². The molecule has 0 aromatic carbocycles. The molecule has 0 rings (SSSR count). The molecular weight excluding hydrogens is 176 g/mol. The number of nitrogens with two attached hydrogens (primary N) is 2. The van der Waals surface area contributed by atoms with E-state index in [2.05, 4.69) is 22.8 Å². The maximum Gasteiger partial charge on any atom is 0.329 e. The van der Waals surface area contributed by atoms with E-state index < -0.39 is 17.8 Å². The van der Waals surface area contributed by atoms with E-state index in [1.165, 1.54) is 7.11 Å². The van der Waals surface area contributed by atoms with Gasteiger partial charge in [0, 0.05) is 6.08 Å². The third-order valence-corrected chi connectivity index (χ3v) is 0.716. The average molecular weight is 188 g/mol. The second-order valence-electron chi connectivity index (χ2n) is 1.84. The first-order chi connectivity index (χ1) is 5.93. The van der Waals surface area contributed by atoms with Gasteiger partial charge in [-0.2, -0.15) is 0 Å². The van der Waals surface area contributed by atoms with Crippen molar-refractivity contribution in [2.24, 2.45) is 11.5 Å². The number of methoxy groups -OCH3 is 1. The monoisotopic (exact) mass is 188 g/mol. The van der Waals surface area contributed by atoms with Crippen LogP contribution in [0.2, 0.25) is 0 Å². The summed E-state index contributed by atoms with van der Waals surface area (Å²) in [4.78, 5) is 29.3. The van der Waals surface area contributed by atoms with Crippen LogP contribution in [0.15, 0.2) is 12.7 Å². The van der Waals surface area contributed by atoms with Gasteiger partial charge in [0.2, 0.25) is 11.8 Å². The highest BCUT2D eigenvalue weighted by Gasteiger charge is 1.96. The Hall–Kier alpha value is -1.85. The normalized spacial score (nSPS) is 7.46. The van der Waals surface area contributed by atoms with Gasteiger partial charge in [0.15, 0.2) is 0 Å². The van der Waals surface area contributed by atoms with Crippen molar-refractivity contribution in [3.63, 3.8) is 0 Å². The van der Waals surface area contributed by atoms with Gasteiger partial charge in [0.25, 0.3) is 0 Å². The van der Waals surface area contributed by atoms with E-state index in [-0.39, 0.29) is 6.42 Å². The van der Waals surface area contributed by atoms with E-state index in [0.29, 0.717) is 0 Å². The van der Waals surface area contributed by atoms with Crippen molar-refractivity contribution in [2.75, 3.05) is 7.11 Å². The molecule has 0 saturated heterocycles. The Morgan fingerprint density at radius 2 is 1.69 bits per heavy atom. The number of carbonyl (C=O) groups excluding carboxylic acids is 3. The summed E-state index contributed by atoms with van der Waals surface area (Å²) in [5, 5.41) is 0. The number of rotatable bonds is 3. The number of primary amides is 2. The zero-order valence-corrected chi connectivity index (χ0v) is 7.28. The highest BCUT2D eigenvalue weighted by Crippen LogP contribution is 1.68. The Morgan fingerprint density at radius 1 is 1.31 bits per heavy atom. The van der Waals surface area contributed by atoms with Gasteiger partial charge in [-0.3, -0.25) is 9.59 Å². The molecular formula is C7H12N2O4. The molecule has 0 saturated carbocycles. The van der Waals surface area contributed by atoms with E-state index in [1.54, 1.807) is 0 Å². The molecule has 0 bridgehead atoms. The smallest absolute Gasteiger partial charge is 0.329 e. The van der Waals surface area contributed by atoms with Crippen molar-refractivity contribution in [1.82, 2.24) is 0 Å². The lowest BCUT2D eigenvalue weighted by Gasteiger charge is -1.83. The fraction of sp³-hybridized carbons (Fsp3) is 0.286. The van der Waals surface area contributed by atoms with Crippen LogP contribution < -0.4 is 11.5 Å². The standard InChI is InChI=1S/C4H6O2.C3H6N2O2/c1-3-4(5)6-2;4-2(6)1-3(5)7/h3H,1H2,2H3;1H2,(H2,4,6)(H2,5,7). The molecule has 0 heterocycles. The molecule has 6 nitrogen and oxygen atoms in total. The molecule has 6 heteroatoms. The van der Waals surface area contributed by atoms with Crippen LogP contribution in [-0.2, 0) is 19.1 Å². The van der Waals surface area contributed by atoms with Crippen LogP contribution in [0, 0.1) is 0 Å². The van der Waals surface area contributed by atoms with Gasteiger partial charge in [-0.15, -0.1) is 0 Å². The average Bonchev–Trinajstić information content (AvgIpc) is 2.01. The first-order valence-corrected chi connectivity index (χ1v) is 3.21. The van der Waals surface area contributed by atoms with Crippen molar-refractivity contribution in [1.29, 1.82) is 0 Å². The lowest BCUT2D eigenvalue weighted by Crippen LogP contribution is -2.21. The van der Waals surface area contributed by atoms with Gasteiger partial charge < -0.3 is 16.2 Å². The second kappa shape index (κ2) is 8.25. The lowest BCUT2D eigenvalue weighted by atomic mass is 10.4. The Balaban J connectivity index is 0. The molecule has 0 aromatic heterocycles. The third-order valence-electron chi connectivity index (χ3n) is 0.716. The molecule has 4 N–H and O–H groups in total. The summed E-state index contributed by atoms with van der Waals surface area (Å²) in [7, 11) is 1.31. The molecule has 0 spiro atoms. The number of hydrogen-bond donors (Lipinski definition) is 2. The predicted molar refractivity (Wildman–Crippen MR) is 45.2 cm³/mol. The van der Waals surface area contributed by atoms with Gasteiger partial charge in [-0.05, 0) is 0 Å². The van der Waals surface area contributed by atoms with Crippen LogP contribution >= 0.6 is 0 Å². The van der Waals surface area contributed by atoms with Crippen LogP contribution in [0.25, 0.3) is 0 Å². The fourth-order valence-electron chi connectivity index (χ4n) is 0.255. The SMILES string of the molecule is C=CC(=O)OC.NC(=O)CC(N)=O. The van der Waals surface area contributed by atoms with Crippen LogP contribution in [0.1, 0.15) is 6.42 Å². The molecule has 0 fully saturated rings. The number of esters is 1. The number of ether oxygens (including phenoxy) is 1. The van der Waals surface area contributed by atoms with Crippen molar-refractivity contribution < 1.29 is 19.1 Å². The van der Waals surface area contributed by atoms with E-state index in [9.17, 15) is 14.4 Å². The lowest BCUT2D eigenvalue weighted by molar-refractivity contribution is -0.134. The topological polar surface area (TPSA) is 112 Å². The molecule has 0 aromatic rings. The Kier molecular flexibility index (Phi) is 8.71. The van der Waals surface area contributed by atoms with Crippen LogP contribution in [0.3, 0.4) is 0 Å². The number of carbonyl (C=O) groups is 3. The van der Waals surface area contributed by atoms with E-state index in [0.717, 1.165) is 6.08 Å². The van der Waals surface area contributed by atoms with E-state index in [4.69, 9.17) is 0 Å². The molecule has 0 aliphatic rings. The molecule has 0 unspecified atom stereocenters. The van der Waals surface area contributed by atoms with Gasteiger partial charge >= 0.3 is 5.97 Å². The largest absolute Gasteiger partial charge is 0.466 e. The summed E-state index contributed by atoms with van der Waals surface area (Å²) >= 11 is 0. The second-order valence-corrected chi connectivity index (χ2v) is 1.84. The highest BCUT2D eigenvalue weighted by molar-refractivity contribution is 5.95. The van der Waals surface area contributed by atoms with Crippen molar-refractivity contribution >= 4 is 17.8 Å². The van der Waals surface area contributed by atoms with E-state index in [1.807, 2.05) is 0 Å². The molecule has 0 radical (unpaired) electrons. The summed E-state index contributed by atoms with van der Waals surface area (Å²) in [6, 6.07) is 0. The Morgan fingerprint density at radius 3 is 1.69 bits per heavy atom. The zero-order valence-electron chi connectivity index (χ0n) is 7.28. The van der Waals surface area contributed by atoms with E-state index >= 15 is 0 Å². The minimum absolute atomic E-state index is 0.361. The van der Waals surface area contributed by atoms with Crippen LogP contribution in [-0.4, -0.2) is 24.9 Å². The quantitative estimate of drug-likeness (QED) is 0.325. The summed E-state index contributed by atoms with van der Waals surface area (Å²) in [6.07, 6.45) is 0.750. The summed E-state index contributed by atoms with van der Waals surface area (Å²) in [6.45, 7) is 3.16. The molecule has 2 amide bonds. The maximum atomic E-state index is 9.84. The minimum Gasteiger partial charge on any atom is -0.466 e. The van der Waals surface area contributed by atoms with Crippen molar-refractivity contribution in [3.05, 3.63) is 12.7 Å². The summed E-state index contributed by atoms with van der Waals surface area (Å²) < 4.78 is 4.14. The fourth-order valence-corrected chi connectivity index (χ4v) is 0.255. The van der Waals surface area contributed by atoms with Gasteiger partial charge in [0.1, 0.15) is 6.42 Å². The molecule has 0 aliphatic heterocycles. The first-order valence-electron chi connectivity index (χ1n) is 3.21. The number of amides is 2. The molecule has 13 heavy (non-hydrogen) atoms. The predicted octanol–water partition coefficient (Wildman–Crippen LogP) is -1.31. The molecule has 0 aliphatic carbocycles.